The fourth-order valence-electron chi connectivity index (χ4n) is 1.51. The van der Waals surface area contributed by atoms with Gasteiger partial charge in [0.2, 0.25) is 0 Å². The SMILES string of the molecule is N[C@H]1CCN(Cc2nnsc2Cl)C1. The summed E-state index contributed by atoms with van der Waals surface area (Å²) in [5.41, 5.74) is 6.66. The first kappa shape index (κ1) is 9.33. The summed E-state index contributed by atoms with van der Waals surface area (Å²) in [4.78, 5) is 2.26. The fourth-order valence-corrected chi connectivity index (χ4v) is 2.12. The maximum absolute atomic E-state index is 5.89. The maximum atomic E-state index is 5.89. The molecule has 2 N–H and O–H groups in total. The van der Waals surface area contributed by atoms with Gasteiger partial charge in [0.05, 0.1) is 0 Å². The summed E-state index contributed by atoms with van der Waals surface area (Å²) >= 11 is 7.13. The molecule has 0 bridgehead atoms. The van der Waals surface area contributed by atoms with Gasteiger partial charge in [0, 0.05) is 37.2 Å². The van der Waals surface area contributed by atoms with Crippen molar-refractivity contribution in [3.8, 4) is 0 Å². The number of rotatable bonds is 2. The van der Waals surface area contributed by atoms with Gasteiger partial charge in [-0.15, -0.1) is 5.10 Å². The summed E-state index contributed by atoms with van der Waals surface area (Å²) in [5.74, 6) is 0. The second-order valence-corrected chi connectivity index (χ2v) is 4.63. The monoisotopic (exact) mass is 218 g/mol. The van der Waals surface area contributed by atoms with Crippen LogP contribution >= 0.6 is 23.1 Å². The lowest BCUT2D eigenvalue weighted by molar-refractivity contribution is 0.322. The van der Waals surface area contributed by atoms with Crippen molar-refractivity contribution in [2.45, 2.75) is 19.0 Å². The number of aromatic nitrogens is 2. The van der Waals surface area contributed by atoms with Crippen molar-refractivity contribution >= 4 is 23.1 Å². The van der Waals surface area contributed by atoms with Crippen LogP contribution in [0.3, 0.4) is 0 Å². The molecule has 0 spiro atoms. The Balaban J connectivity index is 1.95. The molecule has 1 aromatic heterocycles. The predicted octanol–water partition coefficient (Wildman–Crippen LogP) is 0.724. The van der Waals surface area contributed by atoms with Crippen LogP contribution < -0.4 is 5.73 Å². The maximum Gasteiger partial charge on any atom is 0.138 e. The topological polar surface area (TPSA) is 55.0 Å². The van der Waals surface area contributed by atoms with E-state index >= 15 is 0 Å². The normalized spacial score (nSPS) is 24.0. The Hall–Kier alpha value is -0.230. The highest BCUT2D eigenvalue weighted by molar-refractivity contribution is 7.10. The number of nitrogens with two attached hydrogens (primary N) is 1. The fraction of sp³-hybridized carbons (Fsp3) is 0.714. The molecule has 2 rings (SSSR count). The zero-order chi connectivity index (χ0) is 9.26. The number of hydrogen-bond donors (Lipinski definition) is 1. The van der Waals surface area contributed by atoms with E-state index in [1.54, 1.807) is 0 Å². The van der Waals surface area contributed by atoms with Crippen molar-refractivity contribution in [3.63, 3.8) is 0 Å². The van der Waals surface area contributed by atoms with Crippen molar-refractivity contribution in [3.05, 3.63) is 10.0 Å². The van der Waals surface area contributed by atoms with Gasteiger partial charge in [0.25, 0.3) is 0 Å². The van der Waals surface area contributed by atoms with Gasteiger partial charge in [0.15, 0.2) is 0 Å². The number of likely N-dealkylation sites (tertiary alicyclic amines) is 1. The minimum absolute atomic E-state index is 0.311. The molecule has 0 amide bonds. The lowest BCUT2D eigenvalue weighted by Gasteiger charge is -2.12. The number of nitrogens with zero attached hydrogens (tertiary/aromatic N) is 3. The van der Waals surface area contributed by atoms with Crippen LogP contribution in [0.1, 0.15) is 12.1 Å². The molecule has 6 heteroatoms. The quantitative estimate of drug-likeness (QED) is 0.795. The summed E-state index contributed by atoms with van der Waals surface area (Å²) in [6, 6.07) is 0.311. The smallest absolute Gasteiger partial charge is 0.138 e. The van der Waals surface area contributed by atoms with Crippen LogP contribution in [-0.4, -0.2) is 33.6 Å². The molecule has 0 aliphatic carbocycles. The van der Waals surface area contributed by atoms with Gasteiger partial charge < -0.3 is 5.73 Å². The second kappa shape index (κ2) is 3.88. The van der Waals surface area contributed by atoms with Crippen LogP contribution in [-0.2, 0) is 6.54 Å². The standard InChI is InChI=1S/C7H11ClN4S/c8-7-6(10-11-13-7)4-12-2-1-5(9)3-12/h5H,1-4,9H2/t5-/m0/s1. The van der Waals surface area contributed by atoms with E-state index in [1.165, 1.54) is 11.5 Å². The molecular weight excluding hydrogens is 208 g/mol. The van der Waals surface area contributed by atoms with Crippen LogP contribution in [0.4, 0.5) is 0 Å². The Labute approximate surface area is 85.8 Å². The predicted molar refractivity (Wildman–Crippen MR) is 52.8 cm³/mol. The van der Waals surface area contributed by atoms with Crippen molar-refractivity contribution in [1.29, 1.82) is 0 Å². The van der Waals surface area contributed by atoms with E-state index in [1.807, 2.05) is 0 Å². The average molecular weight is 219 g/mol. The van der Waals surface area contributed by atoms with E-state index < -0.39 is 0 Å². The molecule has 0 aromatic carbocycles. The van der Waals surface area contributed by atoms with Crippen LogP contribution in [0.15, 0.2) is 0 Å². The molecule has 1 fully saturated rings. The third kappa shape index (κ3) is 2.17. The van der Waals surface area contributed by atoms with Gasteiger partial charge >= 0.3 is 0 Å². The molecule has 1 aliphatic rings. The molecule has 1 saturated heterocycles. The molecule has 1 atom stereocenters. The minimum atomic E-state index is 0.311. The number of halogens is 1. The molecular formula is C7H11ClN4S. The van der Waals surface area contributed by atoms with Gasteiger partial charge in [-0.2, -0.15) is 0 Å². The van der Waals surface area contributed by atoms with Gasteiger partial charge in [-0.05, 0) is 6.42 Å². The van der Waals surface area contributed by atoms with Gasteiger partial charge in [-0.3, -0.25) is 4.90 Å². The Morgan fingerprint density at radius 2 is 2.54 bits per heavy atom. The molecule has 0 saturated carbocycles. The Morgan fingerprint density at radius 3 is 3.08 bits per heavy atom. The first-order valence-electron chi connectivity index (χ1n) is 4.20. The van der Waals surface area contributed by atoms with Crippen LogP contribution in [0.2, 0.25) is 4.34 Å². The highest BCUT2D eigenvalue weighted by Gasteiger charge is 2.20. The van der Waals surface area contributed by atoms with Crippen molar-refractivity contribution in [1.82, 2.24) is 14.5 Å². The Morgan fingerprint density at radius 1 is 1.69 bits per heavy atom. The van der Waals surface area contributed by atoms with Crippen molar-refractivity contribution in [2.75, 3.05) is 13.1 Å². The average Bonchev–Trinajstić information content (AvgIpc) is 2.64. The summed E-state index contributed by atoms with van der Waals surface area (Å²) in [7, 11) is 0. The number of hydrogen-bond acceptors (Lipinski definition) is 5. The van der Waals surface area contributed by atoms with E-state index in [0.29, 0.717) is 10.4 Å². The van der Waals surface area contributed by atoms with Crippen LogP contribution in [0.25, 0.3) is 0 Å². The van der Waals surface area contributed by atoms with Crippen LogP contribution in [0, 0.1) is 0 Å². The Kier molecular flexibility index (Phi) is 2.78. The molecule has 2 heterocycles. The summed E-state index contributed by atoms with van der Waals surface area (Å²) < 4.78 is 4.48. The van der Waals surface area contributed by atoms with Gasteiger partial charge in [-0.25, -0.2) is 0 Å². The Bertz CT molecular complexity index is 290. The van der Waals surface area contributed by atoms with E-state index in [0.717, 1.165) is 31.7 Å². The van der Waals surface area contributed by atoms with E-state index in [-0.39, 0.29) is 0 Å². The summed E-state index contributed by atoms with van der Waals surface area (Å²) in [6.45, 7) is 2.76. The molecule has 4 nitrogen and oxygen atoms in total. The van der Waals surface area contributed by atoms with E-state index in [9.17, 15) is 0 Å². The highest BCUT2D eigenvalue weighted by Crippen LogP contribution is 2.20. The summed E-state index contributed by atoms with van der Waals surface area (Å²) in [5, 5.41) is 3.96. The first-order valence-corrected chi connectivity index (χ1v) is 5.35. The van der Waals surface area contributed by atoms with E-state index in [4.69, 9.17) is 17.3 Å². The molecule has 72 valence electrons. The zero-order valence-corrected chi connectivity index (χ0v) is 8.68. The van der Waals surface area contributed by atoms with Crippen molar-refractivity contribution < 1.29 is 0 Å². The third-order valence-corrected chi connectivity index (χ3v) is 3.18. The van der Waals surface area contributed by atoms with Crippen LogP contribution in [0.5, 0.6) is 0 Å². The lowest BCUT2D eigenvalue weighted by Crippen LogP contribution is -2.26. The molecule has 1 aliphatic heterocycles. The molecule has 13 heavy (non-hydrogen) atoms. The van der Waals surface area contributed by atoms with Crippen molar-refractivity contribution in [2.24, 2.45) is 5.73 Å². The van der Waals surface area contributed by atoms with Gasteiger partial charge in [-0.1, -0.05) is 16.1 Å². The van der Waals surface area contributed by atoms with Gasteiger partial charge in [0.1, 0.15) is 10.0 Å². The largest absolute Gasteiger partial charge is 0.326 e. The molecule has 0 unspecified atom stereocenters. The minimum Gasteiger partial charge on any atom is -0.326 e. The highest BCUT2D eigenvalue weighted by atomic mass is 35.5. The van der Waals surface area contributed by atoms with E-state index in [2.05, 4.69) is 14.5 Å². The first-order chi connectivity index (χ1) is 6.25. The molecule has 1 aromatic rings. The summed E-state index contributed by atoms with van der Waals surface area (Å²) in [6.07, 6.45) is 1.06. The third-order valence-electron chi connectivity index (χ3n) is 2.19. The molecule has 0 radical (unpaired) electrons. The zero-order valence-electron chi connectivity index (χ0n) is 7.11. The lowest BCUT2D eigenvalue weighted by atomic mass is 10.3. The second-order valence-electron chi connectivity index (χ2n) is 3.28.